The zero-order chi connectivity index (χ0) is 18.6. The number of aliphatic imine (C=N–C) groups is 1. The minimum absolute atomic E-state index is 0. The molecule has 1 heterocycles. The van der Waals surface area contributed by atoms with Gasteiger partial charge in [-0.25, -0.2) is 0 Å². The molecule has 1 aliphatic rings. The highest BCUT2D eigenvalue weighted by Crippen LogP contribution is 2.16. The van der Waals surface area contributed by atoms with E-state index in [0.29, 0.717) is 12.5 Å². The SMILES string of the molecule is CN=C(NCC1CCN(CCOC)CC1)N(C)CCOc1ccccc1.I. The highest BCUT2D eigenvalue weighted by molar-refractivity contribution is 14.0. The van der Waals surface area contributed by atoms with Crippen molar-refractivity contribution in [3.63, 3.8) is 0 Å². The van der Waals surface area contributed by atoms with E-state index in [4.69, 9.17) is 9.47 Å². The van der Waals surface area contributed by atoms with Crippen molar-refractivity contribution in [1.82, 2.24) is 15.1 Å². The van der Waals surface area contributed by atoms with Crippen molar-refractivity contribution in [2.45, 2.75) is 12.8 Å². The Hall–Kier alpha value is -1.06. The fraction of sp³-hybridized carbons (Fsp3) is 0.650. The van der Waals surface area contributed by atoms with Gasteiger partial charge in [0, 0.05) is 34.3 Å². The molecule has 0 radical (unpaired) electrons. The summed E-state index contributed by atoms with van der Waals surface area (Å²) in [5, 5.41) is 3.52. The predicted octanol–water partition coefficient (Wildman–Crippen LogP) is 2.55. The molecule has 1 aromatic rings. The van der Waals surface area contributed by atoms with Gasteiger partial charge in [0.25, 0.3) is 0 Å². The summed E-state index contributed by atoms with van der Waals surface area (Å²) < 4.78 is 10.9. The molecule has 1 N–H and O–H groups in total. The third kappa shape index (κ3) is 9.12. The van der Waals surface area contributed by atoms with Gasteiger partial charge in [-0.1, -0.05) is 18.2 Å². The van der Waals surface area contributed by atoms with E-state index in [2.05, 4.69) is 27.2 Å². The van der Waals surface area contributed by atoms with E-state index in [0.717, 1.165) is 51.0 Å². The third-order valence-electron chi connectivity index (χ3n) is 4.88. The lowest BCUT2D eigenvalue weighted by Gasteiger charge is -2.32. The number of hydrogen-bond acceptors (Lipinski definition) is 4. The largest absolute Gasteiger partial charge is 0.492 e. The molecule has 0 aliphatic carbocycles. The summed E-state index contributed by atoms with van der Waals surface area (Å²) in [7, 11) is 5.66. The second-order valence-electron chi connectivity index (χ2n) is 6.79. The van der Waals surface area contributed by atoms with Crippen molar-refractivity contribution >= 4 is 29.9 Å². The van der Waals surface area contributed by atoms with Crippen LogP contribution in [0.3, 0.4) is 0 Å². The minimum atomic E-state index is 0. The van der Waals surface area contributed by atoms with Crippen LogP contribution in [-0.2, 0) is 4.74 Å². The van der Waals surface area contributed by atoms with E-state index in [1.54, 1.807) is 7.11 Å². The minimum Gasteiger partial charge on any atom is -0.492 e. The molecule has 0 unspecified atom stereocenters. The smallest absolute Gasteiger partial charge is 0.193 e. The van der Waals surface area contributed by atoms with E-state index in [-0.39, 0.29) is 24.0 Å². The summed E-state index contributed by atoms with van der Waals surface area (Å²) in [4.78, 5) is 9.01. The zero-order valence-electron chi connectivity index (χ0n) is 16.9. The number of guanidine groups is 1. The summed E-state index contributed by atoms with van der Waals surface area (Å²) >= 11 is 0. The van der Waals surface area contributed by atoms with Crippen LogP contribution in [0, 0.1) is 5.92 Å². The topological polar surface area (TPSA) is 49.3 Å². The first-order chi connectivity index (χ1) is 12.7. The lowest BCUT2D eigenvalue weighted by molar-refractivity contribution is 0.120. The summed E-state index contributed by atoms with van der Waals surface area (Å²) in [5.74, 6) is 2.55. The molecular formula is C20H35IN4O2. The second kappa shape index (κ2) is 14.0. The van der Waals surface area contributed by atoms with Crippen LogP contribution in [0.15, 0.2) is 35.3 Å². The highest BCUT2D eigenvalue weighted by atomic mass is 127. The number of nitrogens with one attached hydrogen (secondary N) is 1. The molecule has 0 saturated carbocycles. The first-order valence-corrected chi connectivity index (χ1v) is 9.54. The Morgan fingerprint density at radius 2 is 1.93 bits per heavy atom. The Morgan fingerprint density at radius 1 is 1.22 bits per heavy atom. The van der Waals surface area contributed by atoms with Gasteiger partial charge in [0.1, 0.15) is 12.4 Å². The van der Waals surface area contributed by atoms with Crippen molar-refractivity contribution in [2.24, 2.45) is 10.9 Å². The maximum absolute atomic E-state index is 5.77. The van der Waals surface area contributed by atoms with E-state index < -0.39 is 0 Å². The van der Waals surface area contributed by atoms with Crippen molar-refractivity contribution in [3.8, 4) is 5.75 Å². The molecule has 0 aromatic heterocycles. The molecule has 1 saturated heterocycles. The van der Waals surface area contributed by atoms with Gasteiger partial charge in [-0.3, -0.25) is 4.99 Å². The van der Waals surface area contributed by atoms with E-state index in [9.17, 15) is 0 Å². The molecule has 0 amide bonds. The average molecular weight is 490 g/mol. The van der Waals surface area contributed by atoms with Crippen LogP contribution >= 0.6 is 24.0 Å². The van der Waals surface area contributed by atoms with E-state index in [1.165, 1.54) is 12.8 Å². The third-order valence-corrected chi connectivity index (χ3v) is 4.88. The number of halogens is 1. The Morgan fingerprint density at radius 3 is 2.56 bits per heavy atom. The molecule has 154 valence electrons. The average Bonchev–Trinajstić information content (AvgIpc) is 2.68. The number of para-hydroxylation sites is 1. The zero-order valence-corrected chi connectivity index (χ0v) is 19.2. The number of methoxy groups -OCH3 is 1. The number of ether oxygens (including phenoxy) is 2. The van der Waals surface area contributed by atoms with Crippen LogP contribution in [0.25, 0.3) is 0 Å². The Labute approximate surface area is 181 Å². The molecular weight excluding hydrogens is 455 g/mol. The molecule has 0 bridgehead atoms. The predicted molar refractivity (Wildman–Crippen MR) is 122 cm³/mol. The molecule has 7 heteroatoms. The number of hydrogen-bond donors (Lipinski definition) is 1. The molecule has 6 nitrogen and oxygen atoms in total. The summed E-state index contributed by atoms with van der Waals surface area (Å²) in [5.41, 5.74) is 0. The van der Waals surface area contributed by atoms with Gasteiger partial charge in [-0.15, -0.1) is 24.0 Å². The number of rotatable bonds is 9. The standard InChI is InChI=1S/C20H34N4O2.HI/c1-21-20(23(2)13-16-26-19-7-5-4-6-8-19)22-17-18-9-11-24(12-10-18)14-15-25-3;/h4-8,18H,9-17H2,1-3H3,(H,21,22);1H. The molecule has 0 spiro atoms. The maximum atomic E-state index is 5.77. The Bertz CT molecular complexity index is 522. The monoisotopic (exact) mass is 490 g/mol. The fourth-order valence-corrected chi connectivity index (χ4v) is 3.18. The number of nitrogens with zero attached hydrogens (tertiary/aromatic N) is 3. The molecule has 1 fully saturated rings. The van der Waals surface area contributed by atoms with Gasteiger partial charge >= 0.3 is 0 Å². The van der Waals surface area contributed by atoms with Crippen LogP contribution in [0.2, 0.25) is 0 Å². The number of likely N-dealkylation sites (N-methyl/N-ethyl adjacent to an activating group) is 1. The van der Waals surface area contributed by atoms with Gasteiger partial charge in [0.2, 0.25) is 0 Å². The molecule has 1 aliphatic heterocycles. The highest BCUT2D eigenvalue weighted by Gasteiger charge is 2.19. The summed E-state index contributed by atoms with van der Waals surface area (Å²) in [6.07, 6.45) is 2.46. The van der Waals surface area contributed by atoms with Crippen LogP contribution in [0.1, 0.15) is 12.8 Å². The van der Waals surface area contributed by atoms with Gasteiger partial charge in [-0.05, 0) is 44.0 Å². The van der Waals surface area contributed by atoms with Gasteiger partial charge < -0.3 is 24.6 Å². The van der Waals surface area contributed by atoms with Gasteiger partial charge in [0.05, 0.1) is 13.2 Å². The fourth-order valence-electron chi connectivity index (χ4n) is 3.18. The Kier molecular flexibility index (Phi) is 12.4. The first kappa shape index (κ1) is 24.0. The van der Waals surface area contributed by atoms with Crippen LogP contribution in [0.5, 0.6) is 5.75 Å². The van der Waals surface area contributed by atoms with E-state index >= 15 is 0 Å². The summed E-state index contributed by atoms with van der Waals surface area (Å²) in [6.45, 7) is 6.61. The van der Waals surface area contributed by atoms with Crippen molar-refractivity contribution in [1.29, 1.82) is 0 Å². The van der Waals surface area contributed by atoms with Crippen LogP contribution in [-0.4, -0.2) is 82.9 Å². The normalized spacial score (nSPS) is 15.9. The summed E-state index contributed by atoms with van der Waals surface area (Å²) in [6, 6.07) is 9.92. The molecule has 27 heavy (non-hydrogen) atoms. The van der Waals surface area contributed by atoms with Gasteiger partial charge in [-0.2, -0.15) is 0 Å². The van der Waals surface area contributed by atoms with E-state index in [1.807, 2.05) is 37.4 Å². The van der Waals surface area contributed by atoms with Crippen molar-refractivity contribution in [2.75, 3.05) is 67.1 Å². The maximum Gasteiger partial charge on any atom is 0.193 e. The molecule has 1 aromatic carbocycles. The first-order valence-electron chi connectivity index (χ1n) is 9.54. The molecule has 2 rings (SSSR count). The van der Waals surface area contributed by atoms with Crippen LogP contribution < -0.4 is 10.1 Å². The number of piperidine rings is 1. The lowest BCUT2D eigenvalue weighted by Crippen LogP contribution is -2.44. The quantitative estimate of drug-likeness (QED) is 0.328. The van der Waals surface area contributed by atoms with Crippen molar-refractivity contribution in [3.05, 3.63) is 30.3 Å². The molecule has 0 atom stereocenters. The van der Waals surface area contributed by atoms with Crippen LogP contribution in [0.4, 0.5) is 0 Å². The second-order valence-corrected chi connectivity index (χ2v) is 6.79. The number of benzene rings is 1. The van der Waals surface area contributed by atoms with Crippen molar-refractivity contribution < 1.29 is 9.47 Å². The number of likely N-dealkylation sites (tertiary alicyclic amines) is 1. The lowest BCUT2D eigenvalue weighted by atomic mass is 9.97. The van der Waals surface area contributed by atoms with Gasteiger partial charge in [0.15, 0.2) is 5.96 Å². The Balaban J connectivity index is 0.00000364.